The molecule has 4 aromatic rings. The average Bonchev–Trinajstić information content (AvgIpc) is 3.58. The van der Waals surface area contributed by atoms with E-state index in [0.717, 1.165) is 6.42 Å². The first kappa shape index (κ1) is 33.2. The van der Waals surface area contributed by atoms with Gasteiger partial charge in [0.05, 0.1) is 0 Å². The van der Waals surface area contributed by atoms with E-state index in [-0.39, 0.29) is 9.04 Å². The van der Waals surface area contributed by atoms with Gasteiger partial charge in [-0.3, -0.25) is 0 Å². The van der Waals surface area contributed by atoms with Gasteiger partial charge in [0.25, 0.3) is 0 Å². The van der Waals surface area contributed by atoms with E-state index in [1.165, 1.54) is 69.3 Å². The zero-order chi connectivity index (χ0) is 32.4. The van der Waals surface area contributed by atoms with E-state index < -0.39 is 27.4 Å². The molecule has 4 aromatic carbocycles. The number of allylic oxidation sites excluding steroid dienone is 1. The topological polar surface area (TPSA) is 0 Å². The molecule has 2 aliphatic rings. The van der Waals surface area contributed by atoms with Crippen LogP contribution in [0.3, 0.4) is 0 Å². The van der Waals surface area contributed by atoms with E-state index in [4.69, 9.17) is 17.0 Å². The molecule has 2 atom stereocenters. The summed E-state index contributed by atoms with van der Waals surface area (Å²) in [5.41, 5.74) is 13.8. The van der Waals surface area contributed by atoms with E-state index in [0.29, 0.717) is 17.8 Å². The van der Waals surface area contributed by atoms with Gasteiger partial charge in [-0.25, -0.2) is 0 Å². The molecule has 4 heteroatoms. The minimum absolute atomic E-state index is 0.0153. The summed E-state index contributed by atoms with van der Waals surface area (Å²) in [7, 11) is 15.4. The molecule has 0 radical (unpaired) electrons. The zero-order valence-corrected chi connectivity index (χ0v) is 33.9. The van der Waals surface area contributed by atoms with Gasteiger partial charge in [-0.05, 0) is 0 Å². The summed E-state index contributed by atoms with van der Waals surface area (Å²) in [4.78, 5) is 0. The predicted octanol–water partition coefficient (Wildman–Crippen LogP) is 10.3. The number of fused-ring (bicyclic) bond motifs is 4. The standard InChI is InChI=1S/C29H39.C12H9Si.2ClH.Zr/c1-10-20(6)24-13-21-11-12-27(29(7,8)9)28(26(21)17-24)25-15-22(18(2)3)14-23(16-25)19(4)5;1-3-7-11-9(5-1)10-6-2-4-8-12(10)13-11;;;/h11-20H,10H2,1-9H3;1-7H,13H2;2*1H;/q;;;;+2/p-2. The van der Waals surface area contributed by atoms with E-state index in [9.17, 15) is 0 Å². The Kier molecular flexibility index (Phi) is 9.15. The Morgan fingerprint density at radius 1 is 0.800 bits per heavy atom. The molecule has 6 rings (SSSR count). The van der Waals surface area contributed by atoms with Crippen molar-refractivity contribution in [2.24, 2.45) is 5.92 Å². The van der Waals surface area contributed by atoms with Crippen LogP contribution in [-0.2, 0) is 23.3 Å². The summed E-state index contributed by atoms with van der Waals surface area (Å²) in [6, 6.07) is 27.9. The molecule has 0 amide bonds. The van der Waals surface area contributed by atoms with E-state index in [1.54, 1.807) is 0 Å². The van der Waals surface area contributed by atoms with Gasteiger partial charge in [0.2, 0.25) is 0 Å². The molecule has 45 heavy (non-hydrogen) atoms. The van der Waals surface area contributed by atoms with Gasteiger partial charge in [-0.2, -0.15) is 0 Å². The fourth-order valence-corrected chi connectivity index (χ4v) is 24.5. The van der Waals surface area contributed by atoms with Gasteiger partial charge >= 0.3 is 288 Å². The quantitative estimate of drug-likeness (QED) is 0.146. The molecule has 0 bridgehead atoms. The normalized spacial score (nSPS) is 17.1. The molecule has 0 saturated heterocycles. The Hall–Kier alpha value is -1.70. The first-order valence-electron chi connectivity index (χ1n) is 16.9. The number of hydrogen-bond acceptors (Lipinski definition) is 0. The van der Waals surface area contributed by atoms with Crippen LogP contribution in [0.25, 0.3) is 28.3 Å². The molecule has 1 heterocycles. The fraction of sp³-hybridized carbons (Fsp3) is 0.366. The third-order valence-corrected chi connectivity index (χ3v) is 24.7. The van der Waals surface area contributed by atoms with Gasteiger partial charge in [-0.15, -0.1) is 0 Å². The summed E-state index contributed by atoms with van der Waals surface area (Å²) in [5.74, 6) is 1.32. The molecule has 0 nitrogen and oxygen atoms in total. The van der Waals surface area contributed by atoms with Crippen LogP contribution in [0.2, 0.25) is 0 Å². The van der Waals surface area contributed by atoms with Gasteiger partial charge in [0.1, 0.15) is 0 Å². The molecule has 234 valence electrons. The third kappa shape index (κ3) is 5.86. The molecule has 0 N–H and O–H groups in total. The van der Waals surface area contributed by atoms with Crippen molar-refractivity contribution in [3.05, 3.63) is 106 Å². The van der Waals surface area contributed by atoms with Crippen molar-refractivity contribution < 1.29 is 17.9 Å². The van der Waals surface area contributed by atoms with Crippen molar-refractivity contribution in [2.45, 2.75) is 89.6 Å². The number of hydrogen-bond donors (Lipinski definition) is 0. The second-order valence-electron chi connectivity index (χ2n) is 15.1. The van der Waals surface area contributed by atoms with Crippen molar-refractivity contribution in [3.63, 3.8) is 0 Å². The molecule has 0 spiro atoms. The van der Waals surface area contributed by atoms with Crippen molar-refractivity contribution in [1.29, 1.82) is 0 Å². The van der Waals surface area contributed by atoms with Crippen LogP contribution >= 0.6 is 17.0 Å². The molecule has 0 aromatic heterocycles. The summed E-state index contributed by atoms with van der Waals surface area (Å²) in [6.45, 7) is 21.0. The molecular weight excluding hydrogens is 683 g/mol. The monoisotopic (exact) mass is 728 g/mol. The molecule has 1 aliphatic heterocycles. The first-order valence-corrected chi connectivity index (χ1v) is 27.3. The van der Waals surface area contributed by atoms with Gasteiger partial charge < -0.3 is 0 Å². The van der Waals surface area contributed by atoms with Gasteiger partial charge in [-0.1, -0.05) is 0 Å². The third-order valence-electron chi connectivity index (χ3n) is 10.4. The van der Waals surface area contributed by atoms with Crippen LogP contribution in [0, 0.1) is 5.92 Å². The van der Waals surface area contributed by atoms with E-state index >= 15 is 0 Å². The van der Waals surface area contributed by atoms with Gasteiger partial charge in [0, 0.05) is 0 Å². The maximum atomic E-state index is 8.04. The van der Waals surface area contributed by atoms with E-state index in [1.807, 2.05) is 0 Å². The summed E-state index contributed by atoms with van der Waals surface area (Å²) in [5, 5.41) is 3.01. The Balaban J connectivity index is 1.61. The Morgan fingerprint density at radius 2 is 1.44 bits per heavy atom. The van der Waals surface area contributed by atoms with Crippen LogP contribution < -0.4 is 13.6 Å². The van der Waals surface area contributed by atoms with Crippen molar-refractivity contribution in [2.75, 3.05) is 0 Å². The second-order valence-corrected chi connectivity index (χ2v) is 30.9. The number of halogens is 2. The predicted molar refractivity (Wildman–Crippen MR) is 200 cm³/mol. The van der Waals surface area contributed by atoms with Crippen LogP contribution in [-0.4, -0.2) is 9.52 Å². The van der Waals surface area contributed by atoms with Crippen LogP contribution in [0.15, 0.2) is 78.4 Å². The van der Waals surface area contributed by atoms with Crippen molar-refractivity contribution in [1.82, 2.24) is 0 Å². The van der Waals surface area contributed by atoms with Crippen molar-refractivity contribution >= 4 is 46.3 Å². The van der Waals surface area contributed by atoms with Crippen molar-refractivity contribution in [3.8, 4) is 22.3 Å². The maximum absolute atomic E-state index is 8.04. The second kappa shape index (κ2) is 12.4. The number of rotatable bonds is 7. The molecule has 0 fully saturated rings. The summed E-state index contributed by atoms with van der Waals surface area (Å²) < 4.78 is 1.40. The average molecular weight is 731 g/mol. The van der Waals surface area contributed by atoms with Crippen LogP contribution in [0.1, 0.15) is 112 Å². The minimum atomic E-state index is -4.08. The van der Waals surface area contributed by atoms with E-state index in [2.05, 4.69) is 141 Å². The summed E-state index contributed by atoms with van der Waals surface area (Å²) >= 11 is -4.08. The molecule has 1 aliphatic carbocycles. The molecule has 2 unspecified atom stereocenters. The molecule has 0 saturated carbocycles. The van der Waals surface area contributed by atoms with Crippen LogP contribution in [0.4, 0.5) is 0 Å². The Morgan fingerprint density at radius 3 is 2.07 bits per heavy atom. The van der Waals surface area contributed by atoms with Crippen LogP contribution in [0.5, 0.6) is 0 Å². The SMILES string of the molecule is CCC(C)C1=Cc2c(ccc(C(C)(C)C)c2-c2cc(C(C)C)cc(C(C)C)c2)[CH]1[Zr]([Cl])([Cl])[c]1cccc2c1[SiH2]c1ccccc1-2. The fourth-order valence-electron chi connectivity index (χ4n) is 7.59. The first-order chi connectivity index (χ1) is 21.2. The Labute approximate surface area is 286 Å². The zero-order valence-electron chi connectivity index (χ0n) is 28.5. The number of benzene rings is 4. The summed E-state index contributed by atoms with van der Waals surface area (Å²) in [6.07, 6.45) is 3.60. The Bertz CT molecular complexity index is 1780. The molecular formula is C41H48Cl2SiZr. The van der Waals surface area contributed by atoms with Gasteiger partial charge in [0.15, 0.2) is 0 Å².